The monoisotopic (exact) mass is 243 g/mol. The molecular formula is C13H13N3O2. The van der Waals surface area contributed by atoms with Crippen molar-refractivity contribution in [3.05, 3.63) is 23.8 Å². The van der Waals surface area contributed by atoms with E-state index in [0.29, 0.717) is 30.9 Å². The summed E-state index contributed by atoms with van der Waals surface area (Å²) in [6, 6.07) is 7.71. The zero-order valence-corrected chi connectivity index (χ0v) is 9.85. The SMILES string of the molecule is N#Cc1cccc2c1NC(=O)CC1COCCN21. The molecule has 0 aromatic heterocycles. The van der Waals surface area contributed by atoms with Gasteiger partial charge in [-0.3, -0.25) is 4.79 Å². The number of carbonyl (C=O) groups excluding carboxylic acids is 1. The average molecular weight is 243 g/mol. The number of carbonyl (C=O) groups is 1. The second-order valence-electron chi connectivity index (χ2n) is 4.49. The fourth-order valence-electron chi connectivity index (χ4n) is 2.55. The third-order valence-electron chi connectivity index (χ3n) is 3.39. The molecule has 1 atom stereocenters. The summed E-state index contributed by atoms with van der Waals surface area (Å²) in [5.74, 6) is -0.0584. The number of para-hydroxylation sites is 1. The van der Waals surface area contributed by atoms with Crippen LogP contribution in [0.3, 0.4) is 0 Å². The van der Waals surface area contributed by atoms with Crippen LogP contribution in [-0.4, -0.2) is 31.7 Å². The van der Waals surface area contributed by atoms with E-state index in [2.05, 4.69) is 16.3 Å². The topological polar surface area (TPSA) is 65.4 Å². The highest BCUT2D eigenvalue weighted by Gasteiger charge is 2.31. The lowest BCUT2D eigenvalue weighted by Crippen LogP contribution is -2.45. The summed E-state index contributed by atoms with van der Waals surface area (Å²) in [5.41, 5.74) is 2.07. The zero-order chi connectivity index (χ0) is 12.5. The molecule has 1 aromatic rings. The molecule has 0 spiro atoms. The van der Waals surface area contributed by atoms with Crippen molar-refractivity contribution in [1.82, 2.24) is 0 Å². The predicted octanol–water partition coefficient (Wildman–Crippen LogP) is 1.11. The normalized spacial score (nSPS) is 22.3. The van der Waals surface area contributed by atoms with Crippen LogP contribution in [-0.2, 0) is 9.53 Å². The van der Waals surface area contributed by atoms with Gasteiger partial charge in [-0.05, 0) is 12.1 Å². The van der Waals surface area contributed by atoms with Gasteiger partial charge in [-0.2, -0.15) is 5.26 Å². The number of nitrogens with zero attached hydrogens (tertiary/aromatic N) is 2. The molecule has 1 aromatic carbocycles. The quantitative estimate of drug-likeness (QED) is 0.741. The molecule has 0 radical (unpaired) electrons. The Hall–Kier alpha value is -2.06. The van der Waals surface area contributed by atoms with Gasteiger partial charge >= 0.3 is 0 Å². The largest absolute Gasteiger partial charge is 0.377 e. The van der Waals surface area contributed by atoms with E-state index in [9.17, 15) is 4.79 Å². The highest BCUT2D eigenvalue weighted by atomic mass is 16.5. The van der Waals surface area contributed by atoms with Gasteiger partial charge in [0.25, 0.3) is 0 Å². The smallest absolute Gasteiger partial charge is 0.226 e. The zero-order valence-electron chi connectivity index (χ0n) is 9.85. The average Bonchev–Trinajstić information content (AvgIpc) is 2.53. The number of rotatable bonds is 0. The number of hydrogen-bond acceptors (Lipinski definition) is 4. The molecule has 0 aliphatic carbocycles. The lowest BCUT2D eigenvalue weighted by molar-refractivity contribution is -0.116. The van der Waals surface area contributed by atoms with E-state index in [1.165, 1.54) is 0 Å². The molecule has 0 bridgehead atoms. The van der Waals surface area contributed by atoms with Gasteiger partial charge in [-0.15, -0.1) is 0 Å². The van der Waals surface area contributed by atoms with Crippen LogP contribution in [0.4, 0.5) is 11.4 Å². The van der Waals surface area contributed by atoms with E-state index in [1.807, 2.05) is 12.1 Å². The van der Waals surface area contributed by atoms with Crippen molar-refractivity contribution in [2.45, 2.75) is 12.5 Å². The molecule has 18 heavy (non-hydrogen) atoms. The van der Waals surface area contributed by atoms with Crippen LogP contribution in [0.25, 0.3) is 0 Å². The molecule has 5 heteroatoms. The summed E-state index contributed by atoms with van der Waals surface area (Å²) in [7, 11) is 0. The van der Waals surface area contributed by atoms with E-state index < -0.39 is 0 Å². The molecule has 1 N–H and O–H groups in total. The van der Waals surface area contributed by atoms with Crippen LogP contribution in [0.2, 0.25) is 0 Å². The van der Waals surface area contributed by atoms with Gasteiger partial charge in [-0.1, -0.05) is 6.07 Å². The Morgan fingerprint density at radius 1 is 1.50 bits per heavy atom. The number of fused-ring (bicyclic) bond motifs is 3. The molecule has 2 aliphatic rings. The maximum absolute atomic E-state index is 11.9. The first kappa shape index (κ1) is 11.1. The standard InChI is InChI=1S/C13H13N3O2/c14-7-9-2-1-3-11-13(9)15-12(17)6-10-8-18-5-4-16(10)11/h1-3,10H,4-6,8H2,(H,15,17). The van der Waals surface area contributed by atoms with Crippen molar-refractivity contribution in [1.29, 1.82) is 5.26 Å². The molecule has 1 fully saturated rings. The third kappa shape index (κ3) is 1.71. The third-order valence-corrected chi connectivity index (χ3v) is 3.39. The first-order chi connectivity index (χ1) is 8.79. The van der Waals surface area contributed by atoms with Gasteiger partial charge in [0.2, 0.25) is 5.91 Å². The van der Waals surface area contributed by atoms with E-state index in [0.717, 1.165) is 12.2 Å². The molecule has 1 amide bonds. The molecule has 3 rings (SSSR count). The van der Waals surface area contributed by atoms with Gasteiger partial charge in [0, 0.05) is 13.0 Å². The minimum Gasteiger partial charge on any atom is -0.377 e. The molecule has 92 valence electrons. The minimum atomic E-state index is -0.0584. The highest BCUT2D eigenvalue weighted by Crippen LogP contribution is 2.34. The Kier molecular flexibility index (Phi) is 2.65. The van der Waals surface area contributed by atoms with Gasteiger partial charge in [0.05, 0.1) is 36.2 Å². The Morgan fingerprint density at radius 2 is 2.39 bits per heavy atom. The van der Waals surface area contributed by atoms with Crippen LogP contribution in [0.15, 0.2) is 18.2 Å². The first-order valence-corrected chi connectivity index (χ1v) is 5.97. The Balaban J connectivity index is 2.12. The lowest BCUT2D eigenvalue weighted by Gasteiger charge is -2.36. The second-order valence-corrected chi connectivity index (χ2v) is 4.49. The highest BCUT2D eigenvalue weighted by molar-refractivity contribution is 5.98. The summed E-state index contributed by atoms with van der Waals surface area (Å²) in [4.78, 5) is 14.0. The van der Waals surface area contributed by atoms with Gasteiger partial charge < -0.3 is 15.0 Å². The number of nitrogens with one attached hydrogen (secondary N) is 1. The van der Waals surface area contributed by atoms with Gasteiger partial charge in [-0.25, -0.2) is 0 Å². The fraction of sp³-hybridized carbons (Fsp3) is 0.385. The van der Waals surface area contributed by atoms with E-state index >= 15 is 0 Å². The summed E-state index contributed by atoms with van der Waals surface area (Å²) in [5, 5.41) is 12.0. The summed E-state index contributed by atoms with van der Waals surface area (Å²) in [6.45, 7) is 1.96. The fourth-order valence-corrected chi connectivity index (χ4v) is 2.55. The number of anilines is 2. The minimum absolute atomic E-state index is 0.0584. The maximum atomic E-state index is 11.9. The summed E-state index contributed by atoms with van der Waals surface area (Å²) in [6.07, 6.45) is 0.402. The molecule has 0 saturated carbocycles. The van der Waals surface area contributed by atoms with Crippen LogP contribution < -0.4 is 10.2 Å². The number of ether oxygens (including phenoxy) is 1. The molecule has 5 nitrogen and oxygen atoms in total. The van der Waals surface area contributed by atoms with Crippen molar-refractivity contribution in [3.8, 4) is 6.07 Å². The lowest BCUT2D eigenvalue weighted by atomic mass is 10.1. The second kappa shape index (κ2) is 4.31. The van der Waals surface area contributed by atoms with Crippen LogP contribution in [0.5, 0.6) is 0 Å². The van der Waals surface area contributed by atoms with E-state index in [4.69, 9.17) is 10.00 Å². The van der Waals surface area contributed by atoms with Crippen LogP contribution >= 0.6 is 0 Å². The predicted molar refractivity (Wildman–Crippen MR) is 66.4 cm³/mol. The van der Waals surface area contributed by atoms with Crippen molar-refractivity contribution < 1.29 is 9.53 Å². The Bertz CT molecular complexity index is 536. The Morgan fingerprint density at radius 3 is 3.22 bits per heavy atom. The number of benzene rings is 1. The molecule has 2 aliphatic heterocycles. The molecular weight excluding hydrogens is 230 g/mol. The number of hydrogen-bond donors (Lipinski definition) is 1. The van der Waals surface area contributed by atoms with Crippen molar-refractivity contribution in [2.75, 3.05) is 30.0 Å². The summed E-state index contributed by atoms with van der Waals surface area (Å²) >= 11 is 0. The van der Waals surface area contributed by atoms with Crippen molar-refractivity contribution in [3.63, 3.8) is 0 Å². The molecule has 1 saturated heterocycles. The molecule has 1 unspecified atom stereocenters. The van der Waals surface area contributed by atoms with Crippen molar-refractivity contribution >= 4 is 17.3 Å². The summed E-state index contributed by atoms with van der Waals surface area (Å²) < 4.78 is 5.43. The molecule has 2 heterocycles. The number of amides is 1. The van der Waals surface area contributed by atoms with Crippen LogP contribution in [0, 0.1) is 11.3 Å². The van der Waals surface area contributed by atoms with Gasteiger partial charge in [0.1, 0.15) is 6.07 Å². The maximum Gasteiger partial charge on any atom is 0.226 e. The van der Waals surface area contributed by atoms with E-state index in [1.54, 1.807) is 6.07 Å². The first-order valence-electron chi connectivity index (χ1n) is 5.97. The van der Waals surface area contributed by atoms with E-state index in [-0.39, 0.29) is 11.9 Å². The Labute approximate surface area is 105 Å². The van der Waals surface area contributed by atoms with Crippen LogP contribution in [0.1, 0.15) is 12.0 Å². The number of nitriles is 1. The van der Waals surface area contributed by atoms with Crippen molar-refractivity contribution in [2.24, 2.45) is 0 Å². The van der Waals surface area contributed by atoms with Gasteiger partial charge in [0.15, 0.2) is 0 Å². The number of morpholine rings is 1.